The molecule has 1 aliphatic heterocycles. The normalized spacial score (nSPS) is 32.6. The molecule has 92 valence electrons. The molecule has 17 heavy (non-hydrogen) atoms. The topological polar surface area (TPSA) is 138 Å². The molecule has 1 saturated heterocycles. The van der Waals surface area contributed by atoms with Crippen molar-refractivity contribution >= 4 is 5.82 Å². The average molecular weight is 240 g/mol. The number of ether oxygens (including phenoxy) is 1. The van der Waals surface area contributed by atoms with Gasteiger partial charge in [-0.1, -0.05) is 0 Å². The Labute approximate surface area is 96.5 Å². The summed E-state index contributed by atoms with van der Waals surface area (Å²) in [4.78, 5) is 3.73. The first-order valence-corrected chi connectivity index (χ1v) is 4.95. The summed E-state index contributed by atoms with van der Waals surface area (Å²) in [6.45, 7) is -0.430. The van der Waals surface area contributed by atoms with Gasteiger partial charge in [-0.2, -0.15) is 5.26 Å². The molecule has 0 spiro atoms. The quantitative estimate of drug-likeness (QED) is 0.466. The van der Waals surface area contributed by atoms with Gasteiger partial charge in [0.25, 0.3) is 0 Å². The number of nitrogens with two attached hydrogens (primary N) is 1. The van der Waals surface area contributed by atoms with E-state index < -0.39 is 31.1 Å². The summed E-state index contributed by atoms with van der Waals surface area (Å²) in [7, 11) is 0. The lowest BCUT2D eigenvalue weighted by atomic mass is 10.1. The Morgan fingerprint density at radius 1 is 1.53 bits per heavy atom. The monoisotopic (exact) mass is 240 g/mol. The van der Waals surface area contributed by atoms with Gasteiger partial charge in [0.05, 0.1) is 6.61 Å². The maximum atomic E-state index is 9.76. The summed E-state index contributed by atoms with van der Waals surface area (Å²) in [6, 6.07) is 1.83. The molecule has 8 nitrogen and oxygen atoms in total. The van der Waals surface area contributed by atoms with Crippen LogP contribution in [0.1, 0.15) is 11.9 Å². The lowest BCUT2D eigenvalue weighted by Crippen LogP contribution is -2.33. The molecule has 0 aromatic carbocycles. The predicted octanol–water partition coefficient (Wildman–Crippen LogP) is -2.05. The second kappa shape index (κ2) is 4.31. The highest BCUT2D eigenvalue weighted by atomic mass is 16.6. The molecule has 1 aromatic rings. The van der Waals surface area contributed by atoms with Crippen molar-refractivity contribution in [1.29, 1.82) is 5.26 Å². The van der Waals surface area contributed by atoms with Crippen molar-refractivity contribution < 1.29 is 20.1 Å². The van der Waals surface area contributed by atoms with Crippen molar-refractivity contribution in [1.82, 2.24) is 9.55 Å². The van der Waals surface area contributed by atoms with Crippen LogP contribution in [-0.4, -0.2) is 49.8 Å². The van der Waals surface area contributed by atoms with Gasteiger partial charge >= 0.3 is 0 Å². The Kier molecular flexibility index (Phi) is 2.99. The molecule has 0 saturated carbocycles. The van der Waals surface area contributed by atoms with Crippen LogP contribution in [0, 0.1) is 11.3 Å². The number of nitrogens with zero attached hydrogens (tertiary/aromatic N) is 3. The Hall–Kier alpha value is -1.66. The first-order valence-electron chi connectivity index (χ1n) is 4.95. The molecule has 0 radical (unpaired) electrons. The number of anilines is 1. The van der Waals surface area contributed by atoms with Gasteiger partial charge in [-0.05, 0) is 0 Å². The first-order chi connectivity index (χ1) is 8.10. The second-order valence-electron chi connectivity index (χ2n) is 3.73. The van der Waals surface area contributed by atoms with E-state index in [0.717, 1.165) is 0 Å². The lowest BCUT2D eigenvalue weighted by Gasteiger charge is -2.16. The van der Waals surface area contributed by atoms with Crippen molar-refractivity contribution in [2.75, 3.05) is 12.3 Å². The van der Waals surface area contributed by atoms with E-state index in [1.165, 1.54) is 10.9 Å². The van der Waals surface area contributed by atoms with Gasteiger partial charge in [0.2, 0.25) is 0 Å². The van der Waals surface area contributed by atoms with E-state index in [4.69, 9.17) is 20.8 Å². The maximum absolute atomic E-state index is 9.76. The third-order valence-corrected chi connectivity index (χ3v) is 2.72. The van der Waals surface area contributed by atoms with Crippen LogP contribution < -0.4 is 5.73 Å². The van der Waals surface area contributed by atoms with Crippen molar-refractivity contribution in [3.63, 3.8) is 0 Å². The summed E-state index contributed by atoms with van der Waals surface area (Å²) in [6.07, 6.45) is -3.12. The molecule has 2 heterocycles. The van der Waals surface area contributed by atoms with E-state index in [9.17, 15) is 10.2 Å². The van der Waals surface area contributed by atoms with Crippen molar-refractivity contribution in [2.45, 2.75) is 24.5 Å². The van der Waals surface area contributed by atoms with Crippen LogP contribution in [0.4, 0.5) is 5.82 Å². The van der Waals surface area contributed by atoms with Gasteiger partial charge in [-0.3, -0.25) is 4.57 Å². The third kappa shape index (κ3) is 1.75. The fraction of sp³-hybridized carbons (Fsp3) is 0.556. The lowest BCUT2D eigenvalue weighted by molar-refractivity contribution is -0.0531. The molecule has 2 rings (SSSR count). The van der Waals surface area contributed by atoms with Crippen LogP contribution in [-0.2, 0) is 4.74 Å². The zero-order valence-electron chi connectivity index (χ0n) is 8.76. The maximum Gasteiger partial charge on any atom is 0.166 e. The number of nitrogen functional groups attached to an aromatic ring is 1. The molecular weight excluding hydrogens is 228 g/mol. The SMILES string of the molecule is N#Cc1c(N)ncn1[C@H]1O[C@@H](CO)[C@@H](O)[C@H]1O. The Balaban J connectivity index is 2.33. The van der Waals surface area contributed by atoms with E-state index in [1.807, 2.05) is 6.07 Å². The molecule has 0 aliphatic carbocycles. The Morgan fingerprint density at radius 3 is 2.76 bits per heavy atom. The number of rotatable bonds is 2. The molecule has 4 atom stereocenters. The number of hydrogen-bond acceptors (Lipinski definition) is 7. The van der Waals surface area contributed by atoms with Crippen LogP contribution in [0.2, 0.25) is 0 Å². The minimum atomic E-state index is -1.26. The first kappa shape index (κ1) is 11.8. The third-order valence-electron chi connectivity index (χ3n) is 2.72. The van der Waals surface area contributed by atoms with Crippen LogP contribution >= 0.6 is 0 Å². The number of imidazole rings is 1. The fourth-order valence-corrected chi connectivity index (χ4v) is 1.79. The number of nitriles is 1. The Bertz CT molecular complexity index is 454. The molecule has 0 bridgehead atoms. The Morgan fingerprint density at radius 2 is 2.24 bits per heavy atom. The number of aliphatic hydroxyl groups is 3. The van der Waals surface area contributed by atoms with Gasteiger partial charge in [0, 0.05) is 0 Å². The zero-order valence-corrected chi connectivity index (χ0v) is 8.76. The summed E-state index contributed by atoms with van der Waals surface area (Å²) in [5, 5.41) is 37.2. The molecule has 5 N–H and O–H groups in total. The van der Waals surface area contributed by atoms with Crippen molar-refractivity contribution in [3.05, 3.63) is 12.0 Å². The summed E-state index contributed by atoms with van der Waals surface area (Å²) in [5.74, 6) is 0.0187. The molecule has 1 aliphatic rings. The smallest absolute Gasteiger partial charge is 0.166 e. The number of hydrogen-bond donors (Lipinski definition) is 4. The van der Waals surface area contributed by atoms with Gasteiger partial charge in [-0.25, -0.2) is 4.98 Å². The van der Waals surface area contributed by atoms with Crippen LogP contribution in [0.15, 0.2) is 6.33 Å². The van der Waals surface area contributed by atoms with Gasteiger partial charge < -0.3 is 25.8 Å². The van der Waals surface area contributed by atoms with E-state index in [-0.39, 0.29) is 11.5 Å². The molecule has 8 heteroatoms. The number of aliphatic hydroxyl groups excluding tert-OH is 3. The molecule has 0 unspecified atom stereocenters. The van der Waals surface area contributed by atoms with Gasteiger partial charge in [-0.15, -0.1) is 0 Å². The van der Waals surface area contributed by atoms with E-state index in [0.29, 0.717) is 0 Å². The van der Waals surface area contributed by atoms with Crippen molar-refractivity contribution in [2.24, 2.45) is 0 Å². The average Bonchev–Trinajstić information content (AvgIpc) is 2.82. The molecule has 1 aromatic heterocycles. The highest BCUT2D eigenvalue weighted by molar-refractivity contribution is 5.44. The molecular formula is C9H12N4O4. The van der Waals surface area contributed by atoms with Crippen LogP contribution in [0.3, 0.4) is 0 Å². The van der Waals surface area contributed by atoms with Crippen LogP contribution in [0.25, 0.3) is 0 Å². The second-order valence-corrected chi connectivity index (χ2v) is 3.73. The summed E-state index contributed by atoms with van der Waals surface area (Å²) >= 11 is 0. The summed E-state index contributed by atoms with van der Waals surface area (Å²) < 4.78 is 6.48. The number of aromatic nitrogens is 2. The highest BCUT2D eigenvalue weighted by Gasteiger charge is 2.44. The predicted molar refractivity (Wildman–Crippen MR) is 54.4 cm³/mol. The van der Waals surface area contributed by atoms with E-state index >= 15 is 0 Å². The fourth-order valence-electron chi connectivity index (χ4n) is 1.79. The van der Waals surface area contributed by atoms with Gasteiger partial charge in [0.1, 0.15) is 30.7 Å². The largest absolute Gasteiger partial charge is 0.394 e. The minimum Gasteiger partial charge on any atom is -0.394 e. The van der Waals surface area contributed by atoms with Crippen LogP contribution in [0.5, 0.6) is 0 Å². The summed E-state index contributed by atoms with van der Waals surface area (Å²) in [5.41, 5.74) is 5.50. The van der Waals surface area contributed by atoms with Gasteiger partial charge in [0.15, 0.2) is 17.7 Å². The molecule has 0 amide bonds. The van der Waals surface area contributed by atoms with E-state index in [1.54, 1.807) is 0 Å². The van der Waals surface area contributed by atoms with Crippen molar-refractivity contribution in [3.8, 4) is 6.07 Å². The molecule has 1 fully saturated rings. The van der Waals surface area contributed by atoms with E-state index in [2.05, 4.69) is 4.98 Å². The standard InChI is InChI=1S/C9H12N4O4/c10-1-4-8(11)12-3-13(4)9-7(16)6(15)5(2-14)17-9/h3,5-7,9,14-16H,2,11H2/t5-,6+,7+,9-/m0/s1. The minimum absolute atomic E-state index is 0.0187. The highest BCUT2D eigenvalue weighted by Crippen LogP contribution is 2.30. The zero-order chi connectivity index (χ0) is 12.6.